The molecule has 2 N–H and O–H groups in total. The molecule has 1 aliphatic rings. The van der Waals surface area contributed by atoms with E-state index in [0.29, 0.717) is 12.5 Å². The number of nitrogens with zero attached hydrogens (tertiary/aromatic N) is 4. The highest BCUT2D eigenvalue weighted by Crippen LogP contribution is 2.15. The molecular formula is C16H23N5. The monoisotopic (exact) mass is 285 g/mol. The Morgan fingerprint density at radius 3 is 2.62 bits per heavy atom. The molecule has 2 heterocycles. The van der Waals surface area contributed by atoms with Gasteiger partial charge in [-0.15, -0.1) is 0 Å². The van der Waals surface area contributed by atoms with Crippen LogP contribution in [-0.2, 0) is 13.6 Å². The summed E-state index contributed by atoms with van der Waals surface area (Å²) in [5.41, 5.74) is 8.30. The van der Waals surface area contributed by atoms with E-state index in [2.05, 4.69) is 25.5 Å². The van der Waals surface area contributed by atoms with Crippen LogP contribution in [0.3, 0.4) is 0 Å². The number of benzene rings is 1. The Morgan fingerprint density at radius 1 is 1.19 bits per heavy atom. The number of nitrogens with two attached hydrogens (primary N) is 1. The van der Waals surface area contributed by atoms with Gasteiger partial charge in [-0.2, -0.15) is 0 Å². The van der Waals surface area contributed by atoms with Crippen molar-refractivity contribution in [2.75, 3.05) is 13.1 Å². The van der Waals surface area contributed by atoms with E-state index in [1.807, 2.05) is 25.2 Å². The third kappa shape index (κ3) is 3.01. The second-order valence-electron chi connectivity index (χ2n) is 5.65. The van der Waals surface area contributed by atoms with Crippen LogP contribution in [0.1, 0.15) is 31.5 Å². The molecule has 0 unspecified atom stereocenters. The summed E-state index contributed by atoms with van der Waals surface area (Å²) in [5, 5.41) is 0. The molecule has 0 amide bonds. The number of hydrogen-bond acceptors (Lipinski definition) is 2. The maximum atomic E-state index is 6.15. The molecule has 1 saturated heterocycles. The second-order valence-corrected chi connectivity index (χ2v) is 5.65. The van der Waals surface area contributed by atoms with E-state index >= 15 is 0 Å². The average Bonchev–Trinajstić information content (AvgIpc) is 2.71. The minimum absolute atomic E-state index is 0.535. The number of para-hydroxylation sites is 2. The van der Waals surface area contributed by atoms with E-state index in [1.165, 1.54) is 25.7 Å². The largest absolute Gasteiger partial charge is 0.370 e. The van der Waals surface area contributed by atoms with Gasteiger partial charge in [-0.25, -0.2) is 9.98 Å². The van der Waals surface area contributed by atoms with Crippen LogP contribution in [0.4, 0.5) is 0 Å². The van der Waals surface area contributed by atoms with E-state index in [0.717, 1.165) is 29.9 Å². The van der Waals surface area contributed by atoms with Gasteiger partial charge in [0.05, 0.1) is 11.0 Å². The zero-order valence-corrected chi connectivity index (χ0v) is 12.6. The molecule has 0 saturated carbocycles. The van der Waals surface area contributed by atoms with Crippen molar-refractivity contribution in [1.29, 1.82) is 0 Å². The summed E-state index contributed by atoms with van der Waals surface area (Å²) >= 11 is 0. The number of aromatic nitrogens is 2. The first-order valence-electron chi connectivity index (χ1n) is 7.71. The Hall–Kier alpha value is -2.04. The van der Waals surface area contributed by atoms with E-state index in [1.54, 1.807) is 0 Å². The smallest absolute Gasteiger partial charge is 0.191 e. The summed E-state index contributed by atoms with van der Waals surface area (Å²) in [6.45, 7) is 2.59. The normalized spacial score (nSPS) is 17.2. The van der Waals surface area contributed by atoms with Gasteiger partial charge in [0, 0.05) is 20.1 Å². The number of guanidine groups is 1. The number of aliphatic imine (C=N–C) groups is 1. The Balaban J connectivity index is 1.75. The molecule has 3 rings (SSSR count). The first-order chi connectivity index (χ1) is 10.3. The molecule has 2 aromatic rings. The molecule has 21 heavy (non-hydrogen) atoms. The molecule has 1 fully saturated rings. The van der Waals surface area contributed by atoms with Gasteiger partial charge in [-0.05, 0) is 25.0 Å². The van der Waals surface area contributed by atoms with Gasteiger partial charge in [-0.3, -0.25) is 0 Å². The topological polar surface area (TPSA) is 59.4 Å². The zero-order chi connectivity index (χ0) is 14.7. The number of hydrogen-bond donors (Lipinski definition) is 1. The number of rotatable bonds is 2. The maximum absolute atomic E-state index is 6.15. The van der Waals surface area contributed by atoms with Crippen LogP contribution >= 0.6 is 0 Å². The molecule has 0 radical (unpaired) electrons. The molecule has 5 heteroatoms. The van der Waals surface area contributed by atoms with Crippen LogP contribution in [0.25, 0.3) is 11.0 Å². The lowest BCUT2D eigenvalue weighted by Gasteiger charge is -2.20. The standard InChI is InChI=1S/C16H23N5/c1-20-14-9-5-4-8-13(14)19-15(20)12-18-16(17)21-10-6-2-3-7-11-21/h4-5,8-9H,2-3,6-7,10-12H2,1H3,(H2,17,18). The summed E-state index contributed by atoms with van der Waals surface area (Å²) in [6, 6.07) is 8.14. The van der Waals surface area contributed by atoms with Crippen molar-refractivity contribution in [1.82, 2.24) is 14.5 Å². The number of aryl methyl sites for hydroxylation is 1. The Morgan fingerprint density at radius 2 is 1.90 bits per heavy atom. The highest BCUT2D eigenvalue weighted by atomic mass is 15.3. The van der Waals surface area contributed by atoms with Crippen molar-refractivity contribution in [3.63, 3.8) is 0 Å². The molecule has 1 aromatic carbocycles. The molecular weight excluding hydrogens is 262 g/mol. The third-order valence-corrected chi connectivity index (χ3v) is 4.19. The van der Waals surface area contributed by atoms with Gasteiger partial charge in [0.2, 0.25) is 0 Å². The molecule has 1 aliphatic heterocycles. The fourth-order valence-corrected chi connectivity index (χ4v) is 2.89. The highest BCUT2D eigenvalue weighted by Gasteiger charge is 2.12. The lowest BCUT2D eigenvalue weighted by atomic mass is 10.2. The zero-order valence-electron chi connectivity index (χ0n) is 12.6. The number of likely N-dealkylation sites (tertiary alicyclic amines) is 1. The van der Waals surface area contributed by atoms with Crippen molar-refractivity contribution in [3.8, 4) is 0 Å². The number of imidazole rings is 1. The first kappa shape index (κ1) is 13.9. The molecule has 112 valence electrons. The molecule has 1 aromatic heterocycles. The lowest BCUT2D eigenvalue weighted by Crippen LogP contribution is -2.38. The van der Waals surface area contributed by atoms with Crippen LogP contribution in [0.2, 0.25) is 0 Å². The van der Waals surface area contributed by atoms with Crippen LogP contribution < -0.4 is 5.73 Å². The summed E-state index contributed by atoms with van der Waals surface area (Å²) in [4.78, 5) is 11.4. The summed E-state index contributed by atoms with van der Waals surface area (Å²) < 4.78 is 2.09. The van der Waals surface area contributed by atoms with Crippen LogP contribution in [0.15, 0.2) is 29.3 Å². The van der Waals surface area contributed by atoms with Gasteiger partial charge in [0.15, 0.2) is 5.96 Å². The fourth-order valence-electron chi connectivity index (χ4n) is 2.89. The van der Waals surface area contributed by atoms with Gasteiger partial charge < -0.3 is 15.2 Å². The predicted molar refractivity (Wildman–Crippen MR) is 86.1 cm³/mol. The van der Waals surface area contributed by atoms with Crippen molar-refractivity contribution in [2.24, 2.45) is 17.8 Å². The highest BCUT2D eigenvalue weighted by molar-refractivity contribution is 5.78. The SMILES string of the molecule is Cn1c(CN=C(N)N2CCCCCC2)nc2ccccc21. The first-order valence-corrected chi connectivity index (χ1v) is 7.71. The predicted octanol–water partition coefficient (Wildman–Crippen LogP) is 2.26. The Kier molecular flexibility index (Phi) is 4.08. The van der Waals surface area contributed by atoms with Crippen LogP contribution in [0.5, 0.6) is 0 Å². The van der Waals surface area contributed by atoms with E-state index in [4.69, 9.17) is 5.73 Å². The van der Waals surface area contributed by atoms with Gasteiger partial charge in [-0.1, -0.05) is 25.0 Å². The van der Waals surface area contributed by atoms with E-state index in [9.17, 15) is 0 Å². The Labute approximate surface area is 125 Å². The summed E-state index contributed by atoms with van der Waals surface area (Å²) in [7, 11) is 2.03. The molecule has 0 atom stereocenters. The average molecular weight is 285 g/mol. The summed E-state index contributed by atoms with van der Waals surface area (Å²) in [5.74, 6) is 1.61. The Bertz CT molecular complexity index is 635. The summed E-state index contributed by atoms with van der Waals surface area (Å²) in [6.07, 6.45) is 5.02. The van der Waals surface area contributed by atoms with Gasteiger partial charge >= 0.3 is 0 Å². The molecule has 0 bridgehead atoms. The quantitative estimate of drug-likeness (QED) is 0.680. The van der Waals surface area contributed by atoms with Crippen LogP contribution in [-0.4, -0.2) is 33.5 Å². The van der Waals surface area contributed by atoms with Crippen molar-refractivity contribution < 1.29 is 0 Å². The minimum atomic E-state index is 0.535. The van der Waals surface area contributed by atoms with Crippen molar-refractivity contribution in [2.45, 2.75) is 32.2 Å². The second kappa shape index (κ2) is 6.16. The lowest BCUT2D eigenvalue weighted by molar-refractivity contribution is 0.428. The van der Waals surface area contributed by atoms with Gasteiger partial charge in [0.25, 0.3) is 0 Å². The van der Waals surface area contributed by atoms with Gasteiger partial charge in [0.1, 0.15) is 12.4 Å². The molecule has 5 nitrogen and oxygen atoms in total. The molecule has 0 spiro atoms. The minimum Gasteiger partial charge on any atom is -0.370 e. The number of fused-ring (bicyclic) bond motifs is 1. The van der Waals surface area contributed by atoms with Crippen LogP contribution in [0, 0.1) is 0 Å². The van der Waals surface area contributed by atoms with Crippen molar-refractivity contribution >= 4 is 17.0 Å². The maximum Gasteiger partial charge on any atom is 0.191 e. The molecule has 0 aliphatic carbocycles. The third-order valence-electron chi connectivity index (χ3n) is 4.19. The fraction of sp³-hybridized carbons (Fsp3) is 0.500. The van der Waals surface area contributed by atoms with E-state index in [-0.39, 0.29) is 0 Å². The van der Waals surface area contributed by atoms with Crippen molar-refractivity contribution in [3.05, 3.63) is 30.1 Å². The van der Waals surface area contributed by atoms with E-state index < -0.39 is 0 Å².